The highest BCUT2D eigenvalue weighted by Crippen LogP contribution is 2.28. The quantitative estimate of drug-likeness (QED) is 0.937. The summed E-state index contributed by atoms with van der Waals surface area (Å²) < 4.78 is 1.96. The smallest absolute Gasteiger partial charge is 0.243 e. The molecule has 0 aromatic carbocycles. The molecule has 0 saturated carbocycles. The number of hydrogen-bond donors (Lipinski definition) is 1. The minimum Gasteiger partial charge on any atom is -0.301 e. The maximum Gasteiger partial charge on any atom is 0.243 e. The lowest BCUT2D eigenvalue weighted by Crippen LogP contribution is -2.45. The van der Waals surface area contributed by atoms with Gasteiger partial charge in [-0.2, -0.15) is 5.10 Å². The molecule has 1 atom stereocenters. The van der Waals surface area contributed by atoms with E-state index in [4.69, 9.17) is 0 Å². The molecule has 1 N–H and O–H groups in total. The zero-order chi connectivity index (χ0) is 15.5. The van der Waals surface area contributed by atoms with Crippen LogP contribution in [0, 0.1) is 0 Å². The van der Waals surface area contributed by atoms with Crippen molar-refractivity contribution in [3.05, 3.63) is 29.5 Å². The van der Waals surface area contributed by atoms with Crippen molar-refractivity contribution in [1.82, 2.24) is 19.7 Å². The Balaban J connectivity index is 1.54. The number of likely N-dealkylation sites (tertiary alicyclic amines) is 1. The summed E-state index contributed by atoms with van der Waals surface area (Å²) in [6.45, 7) is 3.83. The van der Waals surface area contributed by atoms with Gasteiger partial charge in [-0.25, -0.2) is 4.98 Å². The minimum atomic E-state index is -0.128. The van der Waals surface area contributed by atoms with Crippen LogP contribution in [-0.4, -0.2) is 44.7 Å². The lowest BCUT2D eigenvalue weighted by Gasteiger charge is -2.35. The molecule has 0 spiro atoms. The molecule has 1 fully saturated rings. The van der Waals surface area contributed by atoms with Gasteiger partial charge in [-0.1, -0.05) is 0 Å². The van der Waals surface area contributed by atoms with E-state index in [0.29, 0.717) is 11.0 Å². The third-order valence-corrected chi connectivity index (χ3v) is 5.08. The van der Waals surface area contributed by atoms with Gasteiger partial charge in [-0.15, -0.1) is 11.3 Å². The molecule has 3 rings (SSSR count). The number of carbonyl (C=O) groups is 1. The molecule has 0 aliphatic carbocycles. The molecule has 2 aromatic heterocycles. The number of aromatic nitrogens is 3. The van der Waals surface area contributed by atoms with E-state index < -0.39 is 0 Å². The number of amides is 1. The van der Waals surface area contributed by atoms with Gasteiger partial charge in [0.05, 0.1) is 6.04 Å². The van der Waals surface area contributed by atoms with Crippen LogP contribution in [0.4, 0.5) is 5.13 Å². The Morgan fingerprint density at radius 2 is 2.18 bits per heavy atom. The summed E-state index contributed by atoms with van der Waals surface area (Å²) in [4.78, 5) is 18.6. The number of thiazole rings is 1. The van der Waals surface area contributed by atoms with E-state index >= 15 is 0 Å². The normalized spacial score (nSPS) is 18.3. The Kier molecular flexibility index (Phi) is 4.54. The van der Waals surface area contributed by atoms with Crippen LogP contribution in [0.3, 0.4) is 0 Å². The van der Waals surface area contributed by atoms with Crippen molar-refractivity contribution in [2.75, 3.05) is 18.4 Å². The van der Waals surface area contributed by atoms with Crippen LogP contribution in [0.2, 0.25) is 0 Å². The molecule has 3 heterocycles. The summed E-state index contributed by atoms with van der Waals surface area (Å²) >= 11 is 1.44. The van der Waals surface area contributed by atoms with E-state index in [1.165, 1.54) is 17.0 Å². The lowest BCUT2D eigenvalue weighted by atomic mass is 9.92. The molecule has 118 valence electrons. The predicted molar refractivity (Wildman–Crippen MR) is 87.0 cm³/mol. The topological polar surface area (TPSA) is 63.1 Å². The van der Waals surface area contributed by atoms with Crippen LogP contribution >= 0.6 is 11.3 Å². The average Bonchev–Trinajstić information content (AvgIpc) is 3.18. The van der Waals surface area contributed by atoms with E-state index in [9.17, 15) is 4.79 Å². The monoisotopic (exact) mass is 319 g/mol. The lowest BCUT2D eigenvalue weighted by molar-refractivity contribution is -0.121. The maximum absolute atomic E-state index is 12.3. The predicted octanol–water partition coefficient (Wildman–Crippen LogP) is 2.08. The van der Waals surface area contributed by atoms with Gasteiger partial charge in [0.2, 0.25) is 5.91 Å². The van der Waals surface area contributed by atoms with Crippen LogP contribution in [0.15, 0.2) is 23.8 Å². The second-order valence-electron chi connectivity index (χ2n) is 5.69. The second kappa shape index (κ2) is 6.58. The molecule has 7 heteroatoms. The Bertz CT molecular complexity index is 616. The fourth-order valence-electron chi connectivity index (χ4n) is 3.03. The third kappa shape index (κ3) is 3.20. The Labute approximate surface area is 134 Å². The van der Waals surface area contributed by atoms with Crippen LogP contribution < -0.4 is 5.32 Å². The first kappa shape index (κ1) is 15.2. The Hall–Kier alpha value is -1.73. The molecular formula is C15H21N5OS. The van der Waals surface area contributed by atoms with Gasteiger partial charge in [0.25, 0.3) is 0 Å². The molecule has 1 aliphatic heterocycles. The van der Waals surface area contributed by atoms with Gasteiger partial charge >= 0.3 is 0 Å². The van der Waals surface area contributed by atoms with Gasteiger partial charge in [-0.05, 0) is 38.9 Å². The maximum atomic E-state index is 12.3. The van der Waals surface area contributed by atoms with Gasteiger partial charge < -0.3 is 5.32 Å². The van der Waals surface area contributed by atoms with Crippen molar-refractivity contribution in [1.29, 1.82) is 0 Å². The largest absolute Gasteiger partial charge is 0.301 e. The van der Waals surface area contributed by atoms with Crippen molar-refractivity contribution in [2.45, 2.75) is 31.7 Å². The van der Waals surface area contributed by atoms with E-state index in [1.54, 1.807) is 6.20 Å². The molecule has 0 unspecified atom stereocenters. The average molecular weight is 319 g/mol. The second-order valence-corrected chi connectivity index (χ2v) is 6.59. The number of rotatable bonds is 4. The zero-order valence-corrected chi connectivity index (χ0v) is 13.7. The fourth-order valence-corrected chi connectivity index (χ4v) is 3.56. The molecule has 22 heavy (non-hydrogen) atoms. The first-order valence-corrected chi connectivity index (χ1v) is 8.45. The summed E-state index contributed by atoms with van der Waals surface area (Å²) in [5.74, 6) is 0.562. The molecule has 0 radical (unpaired) electrons. The van der Waals surface area contributed by atoms with Crippen LogP contribution in [0.5, 0.6) is 0 Å². The summed E-state index contributed by atoms with van der Waals surface area (Å²) in [6.07, 6.45) is 5.68. The highest BCUT2D eigenvalue weighted by Gasteiger charge is 2.28. The van der Waals surface area contributed by atoms with E-state index in [2.05, 4.69) is 26.4 Å². The number of hydrogen-bond acceptors (Lipinski definition) is 5. The zero-order valence-electron chi connectivity index (χ0n) is 12.9. The van der Waals surface area contributed by atoms with Crippen molar-refractivity contribution >= 4 is 22.4 Å². The van der Waals surface area contributed by atoms with Crippen LogP contribution in [-0.2, 0) is 11.8 Å². The Morgan fingerprint density at radius 1 is 1.41 bits per heavy atom. The van der Waals surface area contributed by atoms with Crippen molar-refractivity contribution in [2.24, 2.45) is 7.05 Å². The summed E-state index contributed by atoms with van der Waals surface area (Å²) in [5.41, 5.74) is 1.29. The summed E-state index contributed by atoms with van der Waals surface area (Å²) in [5, 5.41) is 9.66. The highest BCUT2D eigenvalue weighted by molar-refractivity contribution is 7.13. The molecule has 6 nitrogen and oxygen atoms in total. The van der Waals surface area contributed by atoms with Gasteiger partial charge in [0.15, 0.2) is 5.13 Å². The SMILES string of the molecule is C[C@@H](C(=O)Nc1nccs1)N1CCC(c2ccnn2C)CC1. The fraction of sp³-hybridized carbons (Fsp3) is 0.533. The van der Waals surface area contributed by atoms with Crippen LogP contribution in [0.1, 0.15) is 31.4 Å². The molecule has 1 aliphatic rings. The first-order chi connectivity index (χ1) is 10.6. The van der Waals surface area contributed by atoms with Gasteiger partial charge in [0.1, 0.15) is 0 Å². The Morgan fingerprint density at radius 3 is 2.77 bits per heavy atom. The first-order valence-electron chi connectivity index (χ1n) is 7.57. The highest BCUT2D eigenvalue weighted by atomic mass is 32.1. The van der Waals surface area contributed by atoms with Crippen molar-refractivity contribution in [3.63, 3.8) is 0 Å². The molecule has 1 saturated heterocycles. The molecule has 2 aromatic rings. The van der Waals surface area contributed by atoms with Crippen LogP contribution in [0.25, 0.3) is 0 Å². The number of nitrogens with one attached hydrogen (secondary N) is 1. The standard InChI is InChI=1S/C15H21N5OS/c1-11(14(21)18-15-16-7-10-22-15)20-8-4-12(5-9-20)13-3-6-17-19(13)2/h3,6-7,10-12H,4-5,8-9H2,1-2H3,(H,16,18,21)/t11-/m0/s1. The molecule has 0 bridgehead atoms. The van der Waals surface area contributed by atoms with Crippen molar-refractivity contribution < 1.29 is 4.79 Å². The van der Waals surface area contributed by atoms with E-state index in [1.807, 2.05) is 30.2 Å². The summed E-state index contributed by atoms with van der Waals surface area (Å²) in [6, 6.07) is 1.97. The molecule has 1 amide bonds. The summed E-state index contributed by atoms with van der Waals surface area (Å²) in [7, 11) is 1.99. The van der Waals surface area contributed by atoms with Gasteiger partial charge in [0, 0.05) is 36.4 Å². The number of piperidine rings is 1. The van der Waals surface area contributed by atoms with Crippen molar-refractivity contribution in [3.8, 4) is 0 Å². The minimum absolute atomic E-state index is 0.0222. The number of aryl methyl sites for hydroxylation is 1. The van der Waals surface area contributed by atoms with Gasteiger partial charge in [-0.3, -0.25) is 14.4 Å². The third-order valence-electron chi connectivity index (χ3n) is 4.40. The van der Waals surface area contributed by atoms with E-state index in [0.717, 1.165) is 25.9 Å². The number of nitrogens with zero attached hydrogens (tertiary/aromatic N) is 4. The number of anilines is 1. The molecular weight excluding hydrogens is 298 g/mol. The van der Waals surface area contributed by atoms with E-state index in [-0.39, 0.29) is 11.9 Å². The number of carbonyl (C=O) groups excluding carboxylic acids is 1.